The molecular weight excluding hydrogens is 372 g/mol. The average Bonchev–Trinajstić information content (AvgIpc) is 2.66. The van der Waals surface area contributed by atoms with Crippen LogP contribution in [0.3, 0.4) is 0 Å². The standard InChI is InChI=1S/C27H38OS/c1-7-23(24-12-8-20(2)9-13-24)16-17-26(18-27(4,5)6)25-14-10-22(11-15-25)19-29-21(3)28/h8-15,23,26H,7,16-19H2,1-6H3. The number of thioether (sulfide) groups is 1. The molecule has 2 heteroatoms. The number of rotatable bonds is 9. The Morgan fingerprint density at radius 3 is 1.93 bits per heavy atom. The highest BCUT2D eigenvalue weighted by molar-refractivity contribution is 8.12. The summed E-state index contributed by atoms with van der Waals surface area (Å²) in [6, 6.07) is 18.1. The molecule has 158 valence electrons. The van der Waals surface area contributed by atoms with Crippen LogP contribution in [0.1, 0.15) is 94.4 Å². The summed E-state index contributed by atoms with van der Waals surface area (Å²) in [6.45, 7) is 13.1. The maximum Gasteiger partial charge on any atom is 0.186 e. The lowest BCUT2D eigenvalue weighted by Crippen LogP contribution is -2.13. The van der Waals surface area contributed by atoms with E-state index in [1.165, 1.54) is 59.7 Å². The Labute approximate surface area is 182 Å². The van der Waals surface area contributed by atoms with Gasteiger partial charge in [-0.25, -0.2) is 0 Å². The third-order valence-corrected chi connectivity index (χ3v) is 6.54. The van der Waals surface area contributed by atoms with Gasteiger partial charge < -0.3 is 0 Å². The molecule has 0 saturated carbocycles. The summed E-state index contributed by atoms with van der Waals surface area (Å²) in [5, 5.41) is 0.182. The summed E-state index contributed by atoms with van der Waals surface area (Å²) in [4.78, 5) is 11.2. The van der Waals surface area contributed by atoms with Crippen LogP contribution in [0.2, 0.25) is 0 Å². The fraction of sp³-hybridized carbons (Fsp3) is 0.519. The van der Waals surface area contributed by atoms with E-state index < -0.39 is 0 Å². The van der Waals surface area contributed by atoms with Crippen LogP contribution in [0.25, 0.3) is 0 Å². The monoisotopic (exact) mass is 410 g/mol. The lowest BCUT2D eigenvalue weighted by atomic mass is 9.77. The van der Waals surface area contributed by atoms with Crippen LogP contribution in [0.15, 0.2) is 48.5 Å². The molecule has 0 bridgehead atoms. The van der Waals surface area contributed by atoms with Crippen molar-refractivity contribution in [3.63, 3.8) is 0 Å². The van der Waals surface area contributed by atoms with Crippen molar-refractivity contribution < 1.29 is 4.79 Å². The van der Waals surface area contributed by atoms with E-state index in [9.17, 15) is 4.79 Å². The van der Waals surface area contributed by atoms with Crippen LogP contribution in [0.4, 0.5) is 0 Å². The third-order valence-electron chi connectivity index (χ3n) is 5.66. The van der Waals surface area contributed by atoms with E-state index in [0.717, 1.165) is 5.75 Å². The molecule has 2 unspecified atom stereocenters. The molecule has 0 amide bonds. The van der Waals surface area contributed by atoms with Gasteiger partial charge >= 0.3 is 0 Å². The smallest absolute Gasteiger partial charge is 0.186 e. The van der Waals surface area contributed by atoms with E-state index in [1.807, 2.05) is 0 Å². The van der Waals surface area contributed by atoms with Gasteiger partial charge in [-0.05, 0) is 66.5 Å². The van der Waals surface area contributed by atoms with Crippen molar-refractivity contribution in [3.05, 3.63) is 70.8 Å². The Balaban J connectivity index is 2.11. The second kappa shape index (κ2) is 11.0. The van der Waals surface area contributed by atoms with Gasteiger partial charge in [-0.2, -0.15) is 0 Å². The van der Waals surface area contributed by atoms with Crippen LogP contribution in [-0.2, 0) is 10.5 Å². The zero-order chi connectivity index (χ0) is 21.4. The van der Waals surface area contributed by atoms with Gasteiger partial charge in [-0.15, -0.1) is 0 Å². The van der Waals surface area contributed by atoms with Crippen molar-refractivity contribution in [3.8, 4) is 0 Å². The quantitative estimate of drug-likeness (QED) is 0.414. The first-order valence-electron chi connectivity index (χ1n) is 11.0. The molecular formula is C27H38OS. The van der Waals surface area contributed by atoms with Gasteiger partial charge in [0.15, 0.2) is 5.12 Å². The molecule has 0 N–H and O–H groups in total. The van der Waals surface area contributed by atoms with Crippen LogP contribution in [0, 0.1) is 12.3 Å². The van der Waals surface area contributed by atoms with E-state index >= 15 is 0 Å². The first-order chi connectivity index (χ1) is 13.7. The number of aryl methyl sites for hydroxylation is 1. The van der Waals surface area contributed by atoms with E-state index in [1.54, 1.807) is 6.92 Å². The van der Waals surface area contributed by atoms with Gasteiger partial charge in [0.2, 0.25) is 0 Å². The van der Waals surface area contributed by atoms with Gasteiger partial charge in [0.1, 0.15) is 0 Å². The molecule has 0 fully saturated rings. The molecule has 2 aromatic carbocycles. The SMILES string of the molecule is CCC(CCC(CC(C)(C)C)c1ccc(CSC(C)=O)cc1)c1ccc(C)cc1. The second-order valence-electron chi connectivity index (χ2n) is 9.58. The maximum absolute atomic E-state index is 11.2. The summed E-state index contributed by atoms with van der Waals surface area (Å²) in [6.07, 6.45) is 4.82. The normalized spacial score (nSPS) is 13.9. The Bertz CT molecular complexity index is 753. The number of hydrogen-bond acceptors (Lipinski definition) is 2. The lowest BCUT2D eigenvalue weighted by Gasteiger charge is -2.28. The van der Waals surface area contributed by atoms with Crippen molar-refractivity contribution >= 4 is 16.9 Å². The minimum Gasteiger partial charge on any atom is -0.288 e. The van der Waals surface area contributed by atoms with E-state index in [0.29, 0.717) is 17.3 Å². The predicted molar refractivity (Wildman–Crippen MR) is 129 cm³/mol. The van der Waals surface area contributed by atoms with Crippen molar-refractivity contribution in [1.29, 1.82) is 0 Å². The topological polar surface area (TPSA) is 17.1 Å². The van der Waals surface area contributed by atoms with Crippen molar-refractivity contribution in [2.45, 2.75) is 84.8 Å². The number of benzene rings is 2. The van der Waals surface area contributed by atoms with Gasteiger partial charge in [-0.3, -0.25) is 4.79 Å². The highest BCUT2D eigenvalue weighted by Gasteiger charge is 2.22. The molecule has 0 saturated heterocycles. The average molecular weight is 411 g/mol. The zero-order valence-corrected chi connectivity index (χ0v) is 19.9. The first-order valence-corrected chi connectivity index (χ1v) is 11.9. The Hall–Kier alpha value is -1.54. The molecule has 1 nitrogen and oxygen atoms in total. The molecule has 0 aliphatic carbocycles. The molecule has 2 atom stereocenters. The fourth-order valence-corrected chi connectivity index (χ4v) is 4.61. The van der Waals surface area contributed by atoms with Crippen LogP contribution < -0.4 is 0 Å². The molecule has 0 aromatic heterocycles. The van der Waals surface area contributed by atoms with E-state index in [4.69, 9.17) is 0 Å². The lowest BCUT2D eigenvalue weighted by molar-refractivity contribution is -0.109. The Morgan fingerprint density at radius 2 is 1.41 bits per heavy atom. The molecule has 0 aliphatic heterocycles. The molecule has 0 heterocycles. The number of carbonyl (C=O) groups excluding carboxylic acids is 1. The summed E-state index contributed by atoms with van der Waals surface area (Å²) in [7, 11) is 0. The number of carbonyl (C=O) groups is 1. The van der Waals surface area contributed by atoms with Gasteiger partial charge in [0, 0.05) is 12.7 Å². The molecule has 2 rings (SSSR count). The van der Waals surface area contributed by atoms with Crippen molar-refractivity contribution in [1.82, 2.24) is 0 Å². The molecule has 0 spiro atoms. The summed E-state index contributed by atoms with van der Waals surface area (Å²) in [5.41, 5.74) is 5.78. The number of hydrogen-bond donors (Lipinski definition) is 0. The minimum atomic E-state index is 0.182. The zero-order valence-electron chi connectivity index (χ0n) is 19.1. The van der Waals surface area contributed by atoms with Gasteiger partial charge in [-0.1, -0.05) is 93.6 Å². The van der Waals surface area contributed by atoms with Crippen LogP contribution >= 0.6 is 11.8 Å². The van der Waals surface area contributed by atoms with Crippen molar-refractivity contribution in [2.24, 2.45) is 5.41 Å². The van der Waals surface area contributed by atoms with Crippen molar-refractivity contribution in [2.75, 3.05) is 0 Å². The second-order valence-corrected chi connectivity index (χ2v) is 10.7. The third kappa shape index (κ3) is 8.38. The highest BCUT2D eigenvalue weighted by Crippen LogP contribution is 2.37. The van der Waals surface area contributed by atoms with E-state index in [-0.39, 0.29) is 5.12 Å². The minimum absolute atomic E-state index is 0.182. The highest BCUT2D eigenvalue weighted by atomic mass is 32.2. The van der Waals surface area contributed by atoms with E-state index in [2.05, 4.69) is 83.1 Å². The fourth-order valence-electron chi connectivity index (χ4n) is 4.04. The predicted octanol–water partition coefficient (Wildman–Crippen LogP) is 8.27. The van der Waals surface area contributed by atoms with Gasteiger partial charge in [0.05, 0.1) is 0 Å². The molecule has 2 aromatic rings. The summed E-state index contributed by atoms with van der Waals surface area (Å²) in [5.74, 6) is 1.97. The summed E-state index contributed by atoms with van der Waals surface area (Å²) < 4.78 is 0. The molecule has 29 heavy (non-hydrogen) atoms. The molecule has 0 aliphatic rings. The molecule has 0 radical (unpaired) electrons. The largest absolute Gasteiger partial charge is 0.288 e. The summed E-state index contributed by atoms with van der Waals surface area (Å²) >= 11 is 1.39. The Kier molecular flexibility index (Phi) is 9.02. The first kappa shape index (κ1) is 23.7. The maximum atomic E-state index is 11.2. The Morgan fingerprint density at radius 1 is 0.897 bits per heavy atom. The van der Waals surface area contributed by atoms with Crippen LogP contribution in [0.5, 0.6) is 0 Å². The van der Waals surface area contributed by atoms with Crippen LogP contribution in [-0.4, -0.2) is 5.12 Å². The van der Waals surface area contributed by atoms with Gasteiger partial charge in [0.25, 0.3) is 0 Å².